The van der Waals surface area contributed by atoms with Gasteiger partial charge >= 0.3 is 12.1 Å². The first-order chi connectivity index (χ1) is 11.5. The fourth-order valence-corrected chi connectivity index (χ4v) is 1.73. The molecule has 2 aromatic rings. The molecule has 0 aromatic heterocycles. The van der Waals surface area contributed by atoms with Gasteiger partial charge in [-0.1, -0.05) is 6.07 Å². The summed E-state index contributed by atoms with van der Waals surface area (Å²) >= 11 is 0. The van der Waals surface area contributed by atoms with Gasteiger partial charge < -0.3 is 4.74 Å². The highest BCUT2D eigenvalue weighted by Gasteiger charge is 2.36. The highest BCUT2D eigenvalue weighted by molar-refractivity contribution is 5.91. The lowest BCUT2D eigenvalue weighted by Gasteiger charge is -2.12. The SMILES string of the molecule is O=C(Oc1c(F)c(F)c(F)c(F)c1F)c1cccc(C(F)(F)F)c1F. The maximum absolute atomic E-state index is 13.7. The van der Waals surface area contributed by atoms with E-state index in [0.29, 0.717) is 12.1 Å². The fourth-order valence-electron chi connectivity index (χ4n) is 1.73. The molecule has 0 saturated heterocycles. The molecule has 0 amide bonds. The number of ether oxygens (including phenoxy) is 1. The molecule has 0 fully saturated rings. The van der Waals surface area contributed by atoms with Crippen molar-refractivity contribution in [2.75, 3.05) is 0 Å². The average molecular weight is 374 g/mol. The summed E-state index contributed by atoms with van der Waals surface area (Å²) in [6, 6.07) is 1.32. The molecule has 0 unspecified atom stereocenters. The van der Waals surface area contributed by atoms with Gasteiger partial charge in [-0.3, -0.25) is 0 Å². The molecular formula is C14H3F9O2. The van der Waals surface area contributed by atoms with E-state index in [-0.39, 0.29) is 6.07 Å². The van der Waals surface area contributed by atoms with Gasteiger partial charge in [0.15, 0.2) is 0 Å². The van der Waals surface area contributed by atoms with Crippen molar-refractivity contribution in [2.24, 2.45) is 0 Å². The van der Waals surface area contributed by atoms with Crippen LogP contribution >= 0.6 is 0 Å². The van der Waals surface area contributed by atoms with Crippen molar-refractivity contribution in [3.8, 4) is 5.75 Å². The number of hydrogen-bond donors (Lipinski definition) is 0. The number of halogens is 9. The molecule has 0 aliphatic carbocycles. The molecule has 0 atom stereocenters. The van der Waals surface area contributed by atoms with Gasteiger partial charge in [0.25, 0.3) is 0 Å². The Bertz CT molecular complexity index is 829. The zero-order valence-electron chi connectivity index (χ0n) is 11.5. The number of carbonyl (C=O) groups is 1. The molecule has 2 rings (SSSR count). The van der Waals surface area contributed by atoms with E-state index in [0.717, 1.165) is 0 Å². The second-order valence-electron chi connectivity index (χ2n) is 4.45. The second kappa shape index (κ2) is 6.30. The standard InChI is InChI=1S/C14H3F9O2/c15-6-4(2-1-3-5(6)14(21,22)23)13(24)25-12-10(19)8(17)7(16)9(18)11(12)20/h1-3H. The maximum Gasteiger partial charge on any atom is 0.419 e. The predicted molar refractivity (Wildman–Crippen MR) is 62.6 cm³/mol. The van der Waals surface area contributed by atoms with Gasteiger partial charge in [-0.15, -0.1) is 0 Å². The van der Waals surface area contributed by atoms with Gasteiger partial charge in [0.05, 0.1) is 11.1 Å². The topological polar surface area (TPSA) is 26.3 Å². The molecule has 134 valence electrons. The molecule has 0 aliphatic heterocycles. The van der Waals surface area contributed by atoms with E-state index < -0.39 is 63.9 Å². The van der Waals surface area contributed by atoms with E-state index in [1.807, 2.05) is 0 Å². The molecule has 25 heavy (non-hydrogen) atoms. The van der Waals surface area contributed by atoms with Gasteiger partial charge in [-0.2, -0.15) is 22.0 Å². The molecule has 0 radical (unpaired) electrons. The smallest absolute Gasteiger partial charge is 0.416 e. The minimum atomic E-state index is -5.20. The molecule has 0 saturated carbocycles. The van der Waals surface area contributed by atoms with Gasteiger partial charge in [0, 0.05) is 0 Å². The minimum Gasteiger partial charge on any atom is -0.416 e. The van der Waals surface area contributed by atoms with Crippen LogP contribution in [-0.2, 0) is 6.18 Å². The van der Waals surface area contributed by atoms with E-state index in [1.165, 1.54) is 0 Å². The molecule has 0 heterocycles. The lowest BCUT2D eigenvalue weighted by molar-refractivity contribution is -0.140. The van der Waals surface area contributed by atoms with E-state index >= 15 is 0 Å². The Morgan fingerprint density at radius 2 is 1.24 bits per heavy atom. The summed E-state index contributed by atoms with van der Waals surface area (Å²) in [6.07, 6.45) is -5.20. The van der Waals surface area contributed by atoms with Crippen molar-refractivity contribution in [1.29, 1.82) is 0 Å². The van der Waals surface area contributed by atoms with Crippen LogP contribution in [0.5, 0.6) is 5.75 Å². The van der Waals surface area contributed by atoms with E-state index in [9.17, 15) is 44.3 Å². The van der Waals surface area contributed by atoms with Crippen molar-refractivity contribution in [1.82, 2.24) is 0 Å². The summed E-state index contributed by atoms with van der Waals surface area (Å²) in [5.74, 6) is -18.8. The molecular weight excluding hydrogens is 371 g/mol. The third-order valence-corrected chi connectivity index (χ3v) is 2.89. The zero-order chi connectivity index (χ0) is 19.1. The van der Waals surface area contributed by atoms with Crippen molar-refractivity contribution in [3.05, 3.63) is 64.2 Å². The maximum atomic E-state index is 13.7. The van der Waals surface area contributed by atoms with Crippen molar-refractivity contribution >= 4 is 5.97 Å². The summed E-state index contributed by atoms with van der Waals surface area (Å²) in [7, 11) is 0. The highest BCUT2D eigenvalue weighted by Crippen LogP contribution is 2.33. The fraction of sp³-hybridized carbons (Fsp3) is 0.0714. The van der Waals surface area contributed by atoms with E-state index in [1.54, 1.807) is 0 Å². The molecule has 11 heteroatoms. The number of esters is 1. The summed E-state index contributed by atoms with van der Waals surface area (Å²) < 4.78 is 121. The Balaban J connectivity index is 2.50. The average Bonchev–Trinajstić information content (AvgIpc) is 2.54. The van der Waals surface area contributed by atoms with Gasteiger partial charge in [0.2, 0.25) is 34.8 Å². The quantitative estimate of drug-likeness (QED) is 0.249. The van der Waals surface area contributed by atoms with Crippen LogP contribution < -0.4 is 4.74 Å². The summed E-state index contributed by atoms with van der Waals surface area (Å²) in [5, 5.41) is 0. The lowest BCUT2D eigenvalue weighted by Crippen LogP contribution is -2.17. The Morgan fingerprint density at radius 3 is 1.72 bits per heavy atom. The Hall–Kier alpha value is -2.72. The molecule has 0 N–H and O–H groups in total. The molecule has 2 nitrogen and oxygen atoms in total. The third-order valence-electron chi connectivity index (χ3n) is 2.89. The highest BCUT2D eigenvalue weighted by atomic mass is 19.4. The second-order valence-corrected chi connectivity index (χ2v) is 4.45. The number of hydrogen-bond acceptors (Lipinski definition) is 2. The van der Waals surface area contributed by atoms with Crippen LogP contribution in [0.4, 0.5) is 39.5 Å². The van der Waals surface area contributed by atoms with Crippen LogP contribution in [0.1, 0.15) is 15.9 Å². The van der Waals surface area contributed by atoms with Crippen molar-refractivity contribution in [3.63, 3.8) is 0 Å². The summed E-state index contributed by atoms with van der Waals surface area (Å²) in [5.41, 5.74) is -3.31. The van der Waals surface area contributed by atoms with Crippen LogP contribution in [0.15, 0.2) is 18.2 Å². The summed E-state index contributed by atoms with van der Waals surface area (Å²) in [6.45, 7) is 0. The van der Waals surface area contributed by atoms with Crippen LogP contribution in [0, 0.1) is 34.9 Å². The predicted octanol–water partition coefficient (Wildman–Crippen LogP) is 4.76. The Labute approximate surface area is 132 Å². The molecule has 0 aliphatic rings. The molecule has 2 aromatic carbocycles. The normalized spacial score (nSPS) is 11.6. The Morgan fingerprint density at radius 1 is 0.760 bits per heavy atom. The van der Waals surface area contributed by atoms with Gasteiger partial charge in [0.1, 0.15) is 5.82 Å². The van der Waals surface area contributed by atoms with Gasteiger partial charge in [-0.25, -0.2) is 22.4 Å². The monoisotopic (exact) mass is 374 g/mol. The zero-order valence-corrected chi connectivity index (χ0v) is 11.5. The first-order valence-corrected chi connectivity index (χ1v) is 6.06. The summed E-state index contributed by atoms with van der Waals surface area (Å²) in [4.78, 5) is 11.6. The molecule has 0 bridgehead atoms. The largest absolute Gasteiger partial charge is 0.419 e. The Kier molecular flexibility index (Phi) is 4.69. The molecule has 0 spiro atoms. The van der Waals surface area contributed by atoms with Crippen LogP contribution in [0.3, 0.4) is 0 Å². The van der Waals surface area contributed by atoms with Crippen LogP contribution in [0.25, 0.3) is 0 Å². The van der Waals surface area contributed by atoms with Crippen molar-refractivity contribution < 1.29 is 49.0 Å². The number of alkyl halides is 3. The van der Waals surface area contributed by atoms with Crippen LogP contribution in [0.2, 0.25) is 0 Å². The number of benzene rings is 2. The van der Waals surface area contributed by atoms with E-state index in [2.05, 4.69) is 4.74 Å². The minimum absolute atomic E-state index is 0.268. The van der Waals surface area contributed by atoms with E-state index in [4.69, 9.17) is 0 Å². The first-order valence-electron chi connectivity index (χ1n) is 6.06. The third kappa shape index (κ3) is 3.26. The van der Waals surface area contributed by atoms with Crippen molar-refractivity contribution in [2.45, 2.75) is 6.18 Å². The number of carbonyl (C=O) groups excluding carboxylic acids is 1. The first kappa shape index (κ1) is 18.6. The van der Waals surface area contributed by atoms with Crippen LogP contribution in [-0.4, -0.2) is 5.97 Å². The van der Waals surface area contributed by atoms with Gasteiger partial charge in [-0.05, 0) is 12.1 Å². The number of rotatable bonds is 2. The lowest BCUT2D eigenvalue weighted by atomic mass is 10.1.